The van der Waals surface area contributed by atoms with Gasteiger partial charge in [-0.3, -0.25) is 14.4 Å². The fraction of sp³-hybridized carbons (Fsp3) is 0.667. The Kier molecular flexibility index (Phi) is 3.82. The van der Waals surface area contributed by atoms with E-state index in [-0.39, 0.29) is 36.0 Å². The summed E-state index contributed by atoms with van der Waals surface area (Å²) >= 11 is 0. The van der Waals surface area contributed by atoms with E-state index in [0.29, 0.717) is 19.5 Å². The van der Waals surface area contributed by atoms with Gasteiger partial charge in [0.15, 0.2) is 0 Å². The summed E-state index contributed by atoms with van der Waals surface area (Å²) in [4.78, 5) is 36.2. The van der Waals surface area contributed by atoms with Gasteiger partial charge in [0.2, 0.25) is 11.8 Å². The minimum atomic E-state index is -0.385. The number of rotatable bonds is 4. The van der Waals surface area contributed by atoms with E-state index in [1.165, 1.54) is 7.11 Å². The Hall–Kier alpha value is -1.92. The minimum absolute atomic E-state index is 0.0663. The molecule has 2 rings (SSSR count). The van der Waals surface area contributed by atoms with Gasteiger partial charge in [-0.2, -0.15) is 5.10 Å². The number of nitrogens with zero attached hydrogens (tertiary/aromatic N) is 2. The Bertz CT molecular complexity index is 446. The first kappa shape index (κ1) is 13.5. The highest BCUT2D eigenvalue weighted by molar-refractivity contribution is 6.06. The average molecular weight is 267 g/mol. The molecule has 1 saturated heterocycles. The lowest BCUT2D eigenvalue weighted by Gasteiger charge is -2.17. The Balaban J connectivity index is 1.87. The number of amides is 2. The quantitative estimate of drug-likeness (QED) is 0.697. The minimum Gasteiger partial charge on any atom is -0.469 e. The van der Waals surface area contributed by atoms with Crippen LogP contribution in [0.3, 0.4) is 0 Å². The van der Waals surface area contributed by atoms with Crippen LogP contribution in [0.1, 0.15) is 19.8 Å². The third kappa shape index (κ3) is 2.74. The molecule has 2 heterocycles. The van der Waals surface area contributed by atoms with Crippen molar-refractivity contribution in [3.05, 3.63) is 0 Å². The summed E-state index contributed by atoms with van der Waals surface area (Å²) in [7, 11) is 1.32. The van der Waals surface area contributed by atoms with Crippen molar-refractivity contribution in [2.75, 3.05) is 20.2 Å². The van der Waals surface area contributed by atoms with Crippen LogP contribution in [0.5, 0.6) is 0 Å². The monoisotopic (exact) mass is 267 g/mol. The van der Waals surface area contributed by atoms with Crippen LogP contribution in [-0.4, -0.2) is 48.6 Å². The highest BCUT2D eigenvalue weighted by Gasteiger charge is 2.36. The molecule has 104 valence electrons. The van der Waals surface area contributed by atoms with Gasteiger partial charge in [0.05, 0.1) is 18.9 Å². The zero-order valence-electron chi connectivity index (χ0n) is 11.0. The molecule has 2 amide bonds. The van der Waals surface area contributed by atoms with Crippen molar-refractivity contribution in [1.29, 1.82) is 0 Å². The molecule has 7 heteroatoms. The van der Waals surface area contributed by atoms with Crippen molar-refractivity contribution in [1.82, 2.24) is 10.3 Å². The van der Waals surface area contributed by atoms with Gasteiger partial charge in [0, 0.05) is 25.2 Å². The number of methoxy groups -OCH3 is 1. The molecule has 1 N–H and O–H groups in total. The molecule has 0 radical (unpaired) electrons. The smallest absolute Gasteiger partial charge is 0.310 e. The highest BCUT2D eigenvalue weighted by atomic mass is 16.5. The number of hydrogen-bond donors (Lipinski definition) is 1. The predicted molar refractivity (Wildman–Crippen MR) is 66.1 cm³/mol. The largest absolute Gasteiger partial charge is 0.469 e. The molecule has 2 unspecified atom stereocenters. The number of likely N-dealkylation sites (tertiary alicyclic amines) is 1. The van der Waals surface area contributed by atoms with E-state index < -0.39 is 0 Å². The second-order valence-electron chi connectivity index (χ2n) is 4.83. The number of hydrogen-bond acceptors (Lipinski definition) is 5. The maximum Gasteiger partial charge on any atom is 0.310 e. The van der Waals surface area contributed by atoms with Crippen LogP contribution in [0.2, 0.25) is 0 Å². The molecule has 2 aliphatic rings. The molecule has 2 atom stereocenters. The van der Waals surface area contributed by atoms with E-state index in [9.17, 15) is 14.4 Å². The number of carbonyl (C=O) groups is 3. The van der Waals surface area contributed by atoms with E-state index >= 15 is 0 Å². The second-order valence-corrected chi connectivity index (χ2v) is 4.83. The summed E-state index contributed by atoms with van der Waals surface area (Å²) in [6, 6.07) is 0. The van der Waals surface area contributed by atoms with Gasteiger partial charge in [0.25, 0.3) is 0 Å². The predicted octanol–water partition coefficient (Wildman–Crippen LogP) is -0.480. The van der Waals surface area contributed by atoms with E-state index in [1.807, 2.05) is 0 Å². The SMILES string of the molecule is COC(=O)C1CC(=O)N(CCC2C(=O)NN=C2C)C1. The molecule has 0 aliphatic carbocycles. The topological polar surface area (TPSA) is 88.1 Å². The zero-order chi connectivity index (χ0) is 14.0. The molecule has 0 aromatic rings. The summed E-state index contributed by atoms with van der Waals surface area (Å²) in [5, 5.41) is 3.86. The average Bonchev–Trinajstić information content (AvgIpc) is 2.91. The third-order valence-corrected chi connectivity index (χ3v) is 3.60. The molecule has 0 bridgehead atoms. The molecule has 0 spiro atoms. The summed E-state index contributed by atoms with van der Waals surface area (Å²) in [5.41, 5.74) is 3.15. The van der Waals surface area contributed by atoms with Crippen molar-refractivity contribution in [3.8, 4) is 0 Å². The number of hydrazone groups is 1. The Morgan fingerprint density at radius 3 is 2.84 bits per heavy atom. The first-order valence-electron chi connectivity index (χ1n) is 6.22. The Labute approximate surface area is 111 Å². The molecule has 1 fully saturated rings. The first-order chi connectivity index (χ1) is 9.02. The number of ether oxygens (including phenoxy) is 1. The lowest BCUT2D eigenvalue weighted by molar-refractivity contribution is -0.145. The summed E-state index contributed by atoms with van der Waals surface area (Å²) in [6.45, 7) is 2.61. The fourth-order valence-electron chi connectivity index (χ4n) is 2.43. The Morgan fingerprint density at radius 1 is 1.53 bits per heavy atom. The fourth-order valence-corrected chi connectivity index (χ4v) is 2.43. The maximum atomic E-state index is 11.8. The van der Waals surface area contributed by atoms with Gasteiger partial charge in [-0.1, -0.05) is 0 Å². The second kappa shape index (κ2) is 5.38. The van der Waals surface area contributed by atoms with Gasteiger partial charge in [-0.05, 0) is 13.3 Å². The van der Waals surface area contributed by atoms with Crippen LogP contribution >= 0.6 is 0 Å². The van der Waals surface area contributed by atoms with Crippen molar-refractivity contribution >= 4 is 23.5 Å². The molecule has 19 heavy (non-hydrogen) atoms. The summed E-state index contributed by atoms with van der Waals surface area (Å²) < 4.78 is 4.64. The highest BCUT2D eigenvalue weighted by Crippen LogP contribution is 2.21. The van der Waals surface area contributed by atoms with Crippen LogP contribution < -0.4 is 5.43 Å². The van der Waals surface area contributed by atoms with Gasteiger partial charge in [-0.15, -0.1) is 0 Å². The zero-order valence-corrected chi connectivity index (χ0v) is 11.0. The van der Waals surface area contributed by atoms with E-state index in [2.05, 4.69) is 15.3 Å². The van der Waals surface area contributed by atoms with Crippen LogP contribution in [-0.2, 0) is 19.1 Å². The van der Waals surface area contributed by atoms with E-state index in [1.54, 1.807) is 11.8 Å². The van der Waals surface area contributed by atoms with Crippen molar-refractivity contribution in [3.63, 3.8) is 0 Å². The van der Waals surface area contributed by atoms with Crippen LogP contribution in [0.15, 0.2) is 5.10 Å². The maximum absolute atomic E-state index is 11.8. The van der Waals surface area contributed by atoms with Gasteiger partial charge in [-0.25, -0.2) is 5.43 Å². The normalized spacial score (nSPS) is 26.4. The standard InChI is InChI=1S/C12H17N3O4/c1-7-9(11(17)14-13-7)3-4-15-6-8(5-10(15)16)12(18)19-2/h8-9H,3-6H2,1-2H3,(H,14,17). The summed E-state index contributed by atoms with van der Waals surface area (Å²) in [5.74, 6) is -1.21. The molecule has 2 aliphatic heterocycles. The Morgan fingerprint density at radius 2 is 2.26 bits per heavy atom. The van der Waals surface area contributed by atoms with Gasteiger partial charge < -0.3 is 9.64 Å². The van der Waals surface area contributed by atoms with Gasteiger partial charge >= 0.3 is 5.97 Å². The molecule has 0 aromatic carbocycles. The first-order valence-corrected chi connectivity index (χ1v) is 6.22. The lowest BCUT2D eigenvalue weighted by atomic mass is 10.0. The number of esters is 1. The van der Waals surface area contributed by atoms with Crippen LogP contribution in [0.25, 0.3) is 0 Å². The lowest BCUT2D eigenvalue weighted by Crippen LogP contribution is -2.32. The van der Waals surface area contributed by atoms with E-state index in [0.717, 1.165) is 5.71 Å². The summed E-state index contributed by atoms with van der Waals surface area (Å²) in [6.07, 6.45) is 0.720. The van der Waals surface area contributed by atoms with Crippen molar-refractivity contribution in [2.45, 2.75) is 19.8 Å². The third-order valence-electron chi connectivity index (χ3n) is 3.60. The molecular weight excluding hydrogens is 250 g/mol. The van der Waals surface area contributed by atoms with Crippen LogP contribution in [0, 0.1) is 11.8 Å². The number of carbonyl (C=O) groups excluding carboxylic acids is 3. The van der Waals surface area contributed by atoms with Crippen molar-refractivity contribution in [2.24, 2.45) is 16.9 Å². The molecule has 0 saturated carbocycles. The van der Waals surface area contributed by atoms with Crippen molar-refractivity contribution < 1.29 is 19.1 Å². The van der Waals surface area contributed by atoms with Gasteiger partial charge in [0.1, 0.15) is 0 Å². The molecule has 7 nitrogen and oxygen atoms in total. The number of nitrogens with one attached hydrogen (secondary N) is 1. The molecular formula is C12H17N3O4. The van der Waals surface area contributed by atoms with E-state index in [4.69, 9.17) is 0 Å². The van der Waals surface area contributed by atoms with Crippen LogP contribution in [0.4, 0.5) is 0 Å². The molecule has 0 aromatic heterocycles.